The van der Waals surface area contributed by atoms with Gasteiger partial charge < -0.3 is 14.5 Å². The number of carbonyl (C=O) groups is 1. The van der Waals surface area contributed by atoms with E-state index in [1.165, 1.54) is 5.56 Å². The van der Waals surface area contributed by atoms with E-state index in [0.717, 1.165) is 16.5 Å². The number of amides is 1. The Hall–Kier alpha value is -3.12. The molecule has 1 aromatic heterocycles. The van der Waals surface area contributed by atoms with Crippen LogP contribution in [0.25, 0.3) is 22.6 Å². The van der Waals surface area contributed by atoms with Crippen LogP contribution >= 0.6 is 15.9 Å². The average Bonchev–Trinajstić information content (AvgIpc) is 3.18. The van der Waals surface area contributed by atoms with Crippen LogP contribution < -0.4 is 10.1 Å². The fourth-order valence-corrected chi connectivity index (χ4v) is 3.62. The second-order valence-corrected chi connectivity index (χ2v) is 7.64. The maximum atomic E-state index is 12.6. The molecule has 0 unspecified atom stereocenters. The molecule has 3 aromatic carbocycles. The molecule has 4 rings (SSSR count). The Morgan fingerprint density at radius 3 is 2.57 bits per heavy atom. The number of halogens is 1. The van der Waals surface area contributed by atoms with Gasteiger partial charge in [-0.2, -0.15) is 0 Å². The highest BCUT2D eigenvalue weighted by atomic mass is 79.9. The summed E-state index contributed by atoms with van der Waals surface area (Å²) in [6, 6.07) is 18.9. The molecule has 152 valence electrons. The number of oxazole rings is 1. The molecule has 0 saturated carbocycles. The van der Waals surface area contributed by atoms with Crippen LogP contribution in [0.4, 0.5) is 5.69 Å². The largest absolute Gasteiger partial charge is 0.493 e. The zero-order valence-corrected chi connectivity index (χ0v) is 18.3. The van der Waals surface area contributed by atoms with Crippen molar-refractivity contribution in [2.24, 2.45) is 0 Å². The molecule has 0 spiro atoms. The van der Waals surface area contributed by atoms with Gasteiger partial charge in [0.05, 0.1) is 11.1 Å². The van der Waals surface area contributed by atoms with Crippen molar-refractivity contribution >= 4 is 38.6 Å². The molecule has 0 aliphatic rings. The van der Waals surface area contributed by atoms with Gasteiger partial charge in [0.15, 0.2) is 5.58 Å². The topological polar surface area (TPSA) is 64.4 Å². The van der Waals surface area contributed by atoms with Crippen molar-refractivity contribution < 1.29 is 13.9 Å². The number of aromatic nitrogens is 1. The summed E-state index contributed by atoms with van der Waals surface area (Å²) in [5.74, 6) is 1.06. The molecule has 0 fully saturated rings. The molecule has 0 aliphatic carbocycles. The quantitative estimate of drug-likeness (QED) is 0.355. The zero-order chi connectivity index (χ0) is 21.1. The summed E-state index contributed by atoms with van der Waals surface area (Å²) in [5, 5.41) is 2.91. The van der Waals surface area contributed by atoms with Gasteiger partial charge in [-0.15, -0.1) is 0 Å². The first-order valence-electron chi connectivity index (χ1n) is 9.81. The van der Waals surface area contributed by atoms with Gasteiger partial charge in [-0.25, -0.2) is 4.98 Å². The number of hydrogen-bond acceptors (Lipinski definition) is 4. The molecule has 0 aliphatic heterocycles. The fraction of sp³-hybridized carbons (Fsp3) is 0.167. The zero-order valence-electron chi connectivity index (χ0n) is 16.7. The first kappa shape index (κ1) is 20.2. The SMILES string of the molecule is CCOc1ccc(C(=O)Nc2ccc3oc(-c4ccc(CC)cc4)nc3c2)cc1Br. The Kier molecular flexibility index (Phi) is 5.86. The second kappa shape index (κ2) is 8.71. The van der Waals surface area contributed by atoms with Crippen LogP contribution in [0.3, 0.4) is 0 Å². The summed E-state index contributed by atoms with van der Waals surface area (Å²) < 4.78 is 12.1. The van der Waals surface area contributed by atoms with Crippen LogP contribution in [0.5, 0.6) is 5.75 Å². The Labute approximate surface area is 183 Å². The van der Waals surface area contributed by atoms with Crippen LogP contribution in [0.1, 0.15) is 29.8 Å². The third kappa shape index (κ3) is 4.24. The van der Waals surface area contributed by atoms with Crippen molar-refractivity contribution in [3.63, 3.8) is 0 Å². The lowest BCUT2D eigenvalue weighted by molar-refractivity contribution is 0.102. The molecule has 0 bridgehead atoms. The van der Waals surface area contributed by atoms with Crippen molar-refractivity contribution in [1.29, 1.82) is 0 Å². The number of rotatable bonds is 6. The molecular weight excluding hydrogens is 444 g/mol. The lowest BCUT2D eigenvalue weighted by atomic mass is 10.1. The Balaban J connectivity index is 1.54. The molecule has 0 atom stereocenters. The predicted octanol–water partition coefficient (Wildman–Crippen LogP) is 6.47. The van der Waals surface area contributed by atoms with E-state index in [1.807, 2.05) is 31.2 Å². The van der Waals surface area contributed by atoms with Gasteiger partial charge in [-0.3, -0.25) is 4.79 Å². The normalized spacial score (nSPS) is 10.9. The molecule has 30 heavy (non-hydrogen) atoms. The minimum absolute atomic E-state index is 0.211. The molecular formula is C24H21BrN2O3. The van der Waals surface area contributed by atoms with Crippen LogP contribution in [0.15, 0.2) is 69.6 Å². The third-order valence-electron chi connectivity index (χ3n) is 4.75. The van der Waals surface area contributed by atoms with Gasteiger partial charge in [0, 0.05) is 16.8 Å². The average molecular weight is 465 g/mol. The monoisotopic (exact) mass is 464 g/mol. The standard InChI is InChI=1S/C24H21BrN2O3/c1-3-15-5-7-16(8-6-15)24-27-20-14-18(10-12-22(20)30-24)26-23(28)17-9-11-21(29-4-2)19(25)13-17/h5-14H,3-4H2,1-2H3,(H,26,28). The van der Waals surface area contributed by atoms with Crippen LogP contribution in [-0.4, -0.2) is 17.5 Å². The molecule has 4 aromatic rings. The number of benzene rings is 3. The van der Waals surface area contributed by atoms with Gasteiger partial charge in [-0.1, -0.05) is 19.1 Å². The van der Waals surface area contributed by atoms with Crippen molar-refractivity contribution in [2.45, 2.75) is 20.3 Å². The van der Waals surface area contributed by atoms with E-state index in [-0.39, 0.29) is 5.91 Å². The van der Waals surface area contributed by atoms with E-state index in [4.69, 9.17) is 9.15 Å². The maximum Gasteiger partial charge on any atom is 0.255 e. The lowest BCUT2D eigenvalue weighted by Crippen LogP contribution is -2.12. The Morgan fingerprint density at radius 2 is 1.87 bits per heavy atom. The van der Waals surface area contributed by atoms with E-state index in [2.05, 4.69) is 45.3 Å². The van der Waals surface area contributed by atoms with Gasteiger partial charge >= 0.3 is 0 Å². The first-order chi connectivity index (χ1) is 14.6. The minimum Gasteiger partial charge on any atom is -0.493 e. The number of fused-ring (bicyclic) bond motifs is 1. The lowest BCUT2D eigenvalue weighted by Gasteiger charge is -2.09. The van der Waals surface area contributed by atoms with E-state index in [0.29, 0.717) is 40.6 Å². The molecule has 5 nitrogen and oxygen atoms in total. The van der Waals surface area contributed by atoms with Crippen molar-refractivity contribution in [2.75, 3.05) is 11.9 Å². The molecule has 0 radical (unpaired) electrons. The van der Waals surface area contributed by atoms with Gasteiger partial charge in [-0.05, 0) is 83.4 Å². The number of nitrogens with one attached hydrogen (secondary N) is 1. The highest BCUT2D eigenvalue weighted by molar-refractivity contribution is 9.10. The number of carbonyl (C=O) groups excluding carboxylic acids is 1. The summed E-state index contributed by atoms with van der Waals surface area (Å²) in [5.41, 5.74) is 4.73. The number of anilines is 1. The molecule has 1 amide bonds. The number of nitrogens with zero attached hydrogens (tertiary/aromatic N) is 1. The van der Waals surface area contributed by atoms with Crippen molar-refractivity contribution in [3.8, 4) is 17.2 Å². The Morgan fingerprint density at radius 1 is 1.07 bits per heavy atom. The predicted molar refractivity (Wildman–Crippen MR) is 122 cm³/mol. The van der Waals surface area contributed by atoms with Gasteiger partial charge in [0.25, 0.3) is 5.91 Å². The highest BCUT2D eigenvalue weighted by Gasteiger charge is 2.12. The van der Waals surface area contributed by atoms with Gasteiger partial charge in [0.1, 0.15) is 11.3 Å². The van der Waals surface area contributed by atoms with Crippen molar-refractivity contribution in [1.82, 2.24) is 4.98 Å². The fourth-order valence-electron chi connectivity index (χ4n) is 3.13. The highest BCUT2D eigenvalue weighted by Crippen LogP contribution is 2.28. The Bertz CT molecular complexity index is 1200. The third-order valence-corrected chi connectivity index (χ3v) is 5.37. The minimum atomic E-state index is -0.211. The number of aryl methyl sites for hydroxylation is 1. The summed E-state index contributed by atoms with van der Waals surface area (Å²) in [6.45, 7) is 4.60. The van der Waals surface area contributed by atoms with Crippen LogP contribution in [0, 0.1) is 0 Å². The van der Waals surface area contributed by atoms with Gasteiger partial charge in [0.2, 0.25) is 5.89 Å². The summed E-state index contributed by atoms with van der Waals surface area (Å²) in [4.78, 5) is 17.2. The van der Waals surface area contributed by atoms with E-state index < -0.39 is 0 Å². The second-order valence-electron chi connectivity index (χ2n) is 6.78. The maximum absolute atomic E-state index is 12.6. The van der Waals surface area contributed by atoms with E-state index in [1.54, 1.807) is 24.3 Å². The summed E-state index contributed by atoms with van der Waals surface area (Å²) in [7, 11) is 0. The van der Waals surface area contributed by atoms with Crippen LogP contribution in [-0.2, 0) is 6.42 Å². The first-order valence-corrected chi connectivity index (χ1v) is 10.6. The summed E-state index contributed by atoms with van der Waals surface area (Å²) in [6.07, 6.45) is 0.988. The number of ether oxygens (including phenoxy) is 1. The summed E-state index contributed by atoms with van der Waals surface area (Å²) >= 11 is 3.44. The van der Waals surface area contributed by atoms with Crippen LogP contribution in [0.2, 0.25) is 0 Å². The molecule has 0 saturated heterocycles. The smallest absolute Gasteiger partial charge is 0.255 e. The molecule has 6 heteroatoms. The van der Waals surface area contributed by atoms with Crippen molar-refractivity contribution in [3.05, 3.63) is 76.3 Å². The van der Waals surface area contributed by atoms with E-state index >= 15 is 0 Å². The molecule has 1 heterocycles. The molecule has 1 N–H and O–H groups in total. The van der Waals surface area contributed by atoms with E-state index in [9.17, 15) is 4.79 Å². The number of hydrogen-bond donors (Lipinski definition) is 1.